The van der Waals surface area contributed by atoms with E-state index in [1.54, 1.807) is 7.11 Å². The van der Waals surface area contributed by atoms with Crippen LogP contribution in [-0.4, -0.2) is 32.6 Å². The first-order valence-corrected chi connectivity index (χ1v) is 7.27. The van der Waals surface area contributed by atoms with Crippen LogP contribution >= 0.6 is 8.15 Å². The van der Waals surface area contributed by atoms with Crippen molar-refractivity contribution in [3.05, 3.63) is 0 Å². The molecule has 2 nitrogen and oxygen atoms in total. The summed E-state index contributed by atoms with van der Waals surface area (Å²) in [6.45, 7) is 6.58. The second-order valence-electron chi connectivity index (χ2n) is 4.08. The smallest absolute Gasteiger partial charge is 0.0711 e. The van der Waals surface area contributed by atoms with Gasteiger partial charge >= 0.3 is 0 Å². The second kappa shape index (κ2) is 7.62. The Kier molecular flexibility index (Phi) is 7.81. The monoisotopic (exact) mass is 220 g/mol. The molecule has 2 unspecified atom stereocenters. The van der Waals surface area contributed by atoms with Crippen LogP contribution in [0.15, 0.2) is 0 Å². The molecule has 0 amide bonds. The predicted octanol–water partition coefficient (Wildman–Crippen LogP) is 3.64. The topological polar surface area (TPSA) is 18.5 Å². The van der Waals surface area contributed by atoms with Gasteiger partial charge < -0.3 is 9.26 Å². The highest BCUT2D eigenvalue weighted by Crippen LogP contribution is 2.37. The third-order valence-corrected chi connectivity index (χ3v) is 4.41. The molecule has 0 aromatic rings. The number of methoxy groups -OCH3 is 1. The fourth-order valence-electron chi connectivity index (χ4n) is 1.53. The van der Waals surface area contributed by atoms with Crippen LogP contribution in [0.4, 0.5) is 0 Å². The Morgan fingerprint density at radius 1 is 1.21 bits per heavy atom. The number of unbranched alkanes of at least 4 members (excludes halogenated alkanes) is 2. The van der Waals surface area contributed by atoms with Crippen molar-refractivity contribution in [3.63, 3.8) is 0 Å². The standard InChI is InChI=1S/C11H25O2P/c1-6-7-8-9-11(2,12-3)10-14(5)13-4/h6-10H2,1-5H3. The normalized spacial score (nSPS) is 17.8. The maximum absolute atomic E-state index is 5.59. The molecule has 0 aliphatic heterocycles. The van der Waals surface area contributed by atoms with Gasteiger partial charge in [0.25, 0.3) is 0 Å². The maximum Gasteiger partial charge on any atom is 0.0711 e. The van der Waals surface area contributed by atoms with Crippen LogP contribution in [0, 0.1) is 0 Å². The molecule has 0 saturated heterocycles. The van der Waals surface area contributed by atoms with Crippen LogP contribution in [-0.2, 0) is 9.26 Å². The summed E-state index contributed by atoms with van der Waals surface area (Å²) in [5.41, 5.74) is 0.0195. The summed E-state index contributed by atoms with van der Waals surface area (Å²) in [6.07, 6.45) is 6.01. The quantitative estimate of drug-likeness (QED) is 0.459. The van der Waals surface area contributed by atoms with Crippen LogP contribution in [0.1, 0.15) is 39.5 Å². The average Bonchev–Trinajstić information content (AvgIpc) is 2.18. The minimum atomic E-state index is -0.318. The summed E-state index contributed by atoms with van der Waals surface area (Å²) in [6, 6.07) is 0. The number of rotatable bonds is 8. The zero-order valence-electron chi connectivity index (χ0n) is 10.3. The molecule has 0 aliphatic carbocycles. The van der Waals surface area contributed by atoms with Gasteiger partial charge in [0.05, 0.1) is 5.60 Å². The molecule has 0 rings (SSSR count). The second-order valence-corrected chi connectivity index (χ2v) is 6.02. The van der Waals surface area contributed by atoms with Gasteiger partial charge in [-0.15, -0.1) is 0 Å². The van der Waals surface area contributed by atoms with Crippen molar-refractivity contribution in [2.24, 2.45) is 0 Å². The fraction of sp³-hybridized carbons (Fsp3) is 1.00. The molecule has 0 radical (unpaired) electrons. The third kappa shape index (κ3) is 5.95. The molecular formula is C11H25O2P. The van der Waals surface area contributed by atoms with Crippen LogP contribution in [0.2, 0.25) is 0 Å². The van der Waals surface area contributed by atoms with Gasteiger partial charge in [-0.3, -0.25) is 0 Å². The van der Waals surface area contributed by atoms with E-state index in [9.17, 15) is 0 Å². The Labute approximate surface area is 90.2 Å². The van der Waals surface area contributed by atoms with E-state index in [1.165, 1.54) is 19.3 Å². The molecule has 0 saturated carbocycles. The van der Waals surface area contributed by atoms with Crippen molar-refractivity contribution < 1.29 is 9.26 Å². The van der Waals surface area contributed by atoms with Gasteiger partial charge in [0, 0.05) is 28.5 Å². The summed E-state index contributed by atoms with van der Waals surface area (Å²) in [4.78, 5) is 0. The summed E-state index contributed by atoms with van der Waals surface area (Å²) in [5, 5.41) is 0. The molecule has 2 atom stereocenters. The molecule has 0 heterocycles. The molecule has 0 aromatic carbocycles. The van der Waals surface area contributed by atoms with Crippen molar-refractivity contribution in [1.29, 1.82) is 0 Å². The summed E-state index contributed by atoms with van der Waals surface area (Å²) in [7, 11) is 3.28. The lowest BCUT2D eigenvalue weighted by atomic mass is 10.0. The third-order valence-electron chi connectivity index (χ3n) is 2.67. The van der Waals surface area contributed by atoms with Gasteiger partial charge in [0.15, 0.2) is 0 Å². The SMILES string of the molecule is CCCCCC(C)(CP(C)OC)OC. The Morgan fingerprint density at radius 3 is 2.29 bits per heavy atom. The maximum atomic E-state index is 5.59. The van der Waals surface area contributed by atoms with Crippen molar-refractivity contribution in [2.45, 2.75) is 45.1 Å². The lowest BCUT2D eigenvalue weighted by Gasteiger charge is -2.30. The van der Waals surface area contributed by atoms with E-state index in [-0.39, 0.29) is 13.7 Å². The van der Waals surface area contributed by atoms with E-state index < -0.39 is 0 Å². The minimum Gasteiger partial charge on any atom is -0.378 e. The molecule has 14 heavy (non-hydrogen) atoms. The van der Waals surface area contributed by atoms with E-state index in [2.05, 4.69) is 20.5 Å². The minimum absolute atomic E-state index is 0.0195. The van der Waals surface area contributed by atoms with E-state index in [0.29, 0.717) is 0 Å². The van der Waals surface area contributed by atoms with Gasteiger partial charge in [-0.25, -0.2) is 0 Å². The lowest BCUT2D eigenvalue weighted by molar-refractivity contribution is 0.0157. The van der Waals surface area contributed by atoms with Crippen molar-refractivity contribution in [1.82, 2.24) is 0 Å². The summed E-state index contributed by atoms with van der Waals surface area (Å²) < 4.78 is 10.9. The summed E-state index contributed by atoms with van der Waals surface area (Å²) >= 11 is 0. The fourth-order valence-corrected chi connectivity index (χ4v) is 2.89. The van der Waals surface area contributed by atoms with E-state index >= 15 is 0 Å². The average molecular weight is 220 g/mol. The lowest BCUT2D eigenvalue weighted by Crippen LogP contribution is -2.31. The van der Waals surface area contributed by atoms with E-state index in [0.717, 1.165) is 12.6 Å². The number of hydrogen-bond acceptors (Lipinski definition) is 2. The molecule has 0 aromatic heterocycles. The van der Waals surface area contributed by atoms with Gasteiger partial charge in [-0.05, 0) is 20.0 Å². The van der Waals surface area contributed by atoms with Crippen LogP contribution in [0.25, 0.3) is 0 Å². The first-order valence-electron chi connectivity index (χ1n) is 5.38. The van der Waals surface area contributed by atoms with Crippen molar-refractivity contribution in [3.8, 4) is 0 Å². The molecule has 3 heteroatoms. The van der Waals surface area contributed by atoms with E-state index in [1.807, 2.05) is 7.11 Å². The molecule has 0 spiro atoms. The molecule has 0 aliphatic rings. The highest BCUT2D eigenvalue weighted by molar-refractivity contribution is 7.51. The van der Waals surface area contributed by atoms with Crippen LogP contribution in [0.3, 0.4) is 0 Å². The number of ether oxygens (including phenoxy) is 1. The van der Waals surface area contributed by atoms with Crippen LogP contribution < -0.4 is 0 Å². The van der Waals surface area contributed by atoms with Crippen molar-refractivity contribution in [2.75, 3.05) is 27.0 Å². The number of hydrogen-bond donors (Lipinski definition) is 0. The van der Waals surface area contributed by atoms with Gasteiger partial charge in [0.1, 0.15) is 0 Å². The first kappa shape index (κ1) is 14.3. The van der Waals surface area contributed by atoms with Gasteiger partial charge in [-0.1, -0.05) is 26.2 Å². The Hall–Kier alpha value is 0.350. The van der Waals surface area contributed by atoms with Crippen molar-refractivity contribution >= 4 is 8.15 Å². The molecule has 0 N–H and O–H groups in total. The largest absolute Gasteiger partial charge is 0.378 e. The highest BCUT2D eigenvalue weighted by Gasteiger charge is 2.25. The Morgan fingerprint density at radius 2 is 1.86 bits per heavy atom. The van der Waals surface area contributed by atoms with E-state index in [4.69, 9.17) is 9.26 Å². The zero-order valence-corrected chi connectivity index (χ0v) is 11.2. The highest BCUT2D eigenvalue weighted by atomic mass is 31.1. The molecular weight excluding hydrogens is 195 g/mol. The Balaban J connectivity index is 3.90. The first-order chi connectivity index (χ1) is 6.58. The predicted molar refractivity (Wildman–Crippen MR) is 64.3 cm³/mol. The molecule has 86 valence electrons. The van der Waals surface area contributed by atoms with Crippen LogP contribution in [0.5, 0.6) is 0 Å². The summed E-state index contributed by atoms with van der Waals surface area (Å²) in [5.74, 6) is 0. The zero-order chi connectivity index (χ0) is 11.0. The van der Waals surface area contributed by atoms with Gasteiger partial charge in [0.2, 0.25) is 0 Å². The molecule has 0 fully saturated rings. The molecule has 0 bridgehead atoms. The van der Waals surface area contributed by atoms with Gasteiger partial charge in [-0.2, -0.15) is 0 Å². The Bertz CT molecular complexity index is 141.